The number of carbonyl (C=O) groups excluding carboxylic acids is 1. The normalized spacial score (nSPS) is 15.9. The highest BCUT2D eigenvalue weighted by Crippen LogP contribution is 2.21. The number of amides is 1. The van der Waals surface area contributed by atoms with E-state index >= 15 is 0 Å². The van der Waals surface area contributed by atoms with Crippen LogP contribution < -0.4 is 5.69 Å². The Morgan fingerprint density at radius 2 is 2.29 bits per heavy atom. The molecule has 2 N–H and O–H groups in total. The molecule has 0 bridgehead atoms. The van der Waals surface area contributed by atoms with E-state index in [1.165, 1.54) is 6.20 Å². The molecule has 0 aliphatic carbocycles. The van der Waals surface area contributed by atoms with Crippen LogP contribution in [-0.2, 0) is 0 Å². The first-order valence-electron chi connectivity index (χ1n) is 5.30. The zero-order chi connectivity index (χ0) is 11.8. The van der Waals surface area contributed by atoms with Crippen molar-refractivity contribution in [3.63, 3.8) is 0 Å². The molecule has 1 aliphatic heterocycles. The van der Waals surface area contributed by atoms with Gasteiger partial charge in [0, 0.05) is 31.7 Å². The molecule has 0 spiro atoms. The van der Waals surface area contributed by atoms with Crippen LogP contribution in [0, 0.1) is 0 Å². The number of hydrogen-bond acceptors (Lipinski definition) is 3. The molecule has 0 radical (unpaired) electrons. The first kappa shape index (κ1) is 9.88. The van der Waals surface area contributed by atoms with Crippen LogP contribution in [0.2, 0.25) is 0 Å². The van der Waals surface area contributed by atoms with Gasteiger partial charge in [-0.1, -0.05) is 0 Å². The van der Waals surface area contributed by atoms with Crippen LogP contribution in [0.5, 0.6) is 0 Å². The Kier molecular flexibility index (Phi) is 2.10. The Hall–Kier alpha value is -2.31. The van der Waals surface area contributed by atoms with E-state index in [0.717, 1.165) is 0 Å². The Bertz CT molecular complexity index is 576. The van der Waals surface area contributed by atoms with Crippen molar-refractivity contribution >= 4 is 5.91 Å². The number of aromatic amines is 2. The lowest BCUT2D eigenvalue weighted by atomic mass is 10.1. The van der Waals surface area contributed by atoms with Crippen molar-refractivity contribution in [3.05, 3.63) is 40.8 Å². The van der Waals surface area contributed by atoms with E-state index in [4.69, 9.17) is 0 Å². The maximum absolute atomic E-state index is 11.9. The third-order valence-corrected chi connectivity index (χ3v) is 2.87. The third kappa shape index (κ3) is 1.65. The fourth-order valence-electron chi connectivity index (χ4n) is 1.90. The number of likely N-dealkylation sites (tertiary alicyclic amines) is 1. The molecule has 1 saturated heterocycles. The molecule has 0 saturated carbocycles. The van der Waals surface area contributed by atoms with Gasteiger partial charge in [-0.05, 0) is 6.07 Å². The SMILES string of the molecule is O=C(c1c[nH]c(=O)[nH]1)N1CC(n2cccn2)C1. The van der Waals surface area contributed by atoms with Gasteiger partial charge in [0.15, 0.2) is 0 Å². The largest absolute Gasteiger partial charge is 0.333 e. The number of aromatic nitrogens is 4. The lowest BCUT2D eigenvalue weighted by Crippen LogP contribution is -2.51. The van der Waals surface area contributed by atoms with Crippen LogP contribution in [-0.4, -0.2) is 43.6 Å². The van der Waals surface area contributed by atoms with Gasteiger partial charge in [-0.25, -0.2) is 4.79 Å². The number of H-pyrrole nitrogens is 2. The monoisotopic (exact) mass is 233 g/mol. The standard InChI is InChI=1S/C10H11N5O2/c16-9(8-4-11-10(17)13-8)14-5-7(6-14)15-3-1-2-12-15/h1-4,7H,5-6H2,(H2,11,13,17). The van der Waals surface area contributed by atoms with E-state index in [2.05, 4.69) is 15.1 Å². The fourth-order valence-corrected chi connectivity index (χ4v) is 1.90. The second-order valence-electron chi connectivity index (χ2n) is 4.01. The van der Waals surface area contributed by atoms with E-state index in [1.54, 1.807) is 11.1 Å². The summed E-state index contributed by atoms with van der Waals surface area (Å²) in [6, 6.07) is 2.09. The van der Waals surface area contributed by atoms with Crippen molar-refractivity contribution < 1.29 is 4.79 Å². The van der Waals surface area contributed by atoms with Crippen LogP contribution in [0.15, 0.2) is 29.5 Å². The highest BCUT2D eigenvalue weighted by Gasteiger charge is 2.33. The molecular formula is C10H11N5O2. The molecule has 1 fully saturated rings. The van der Waals surface area contributed by atoms with Crippen molar-refractivity contribution in [2.75, 3.05) is 13.1 Å². The molecule has 7 heteroatoms. The minimum absolute atomic E-state index is 0.160. The van der Waals surface area contributed by atoms with Crippen molar-refractivity contribution in [2.45, 2.75) is 6.04 Å². The third-order valence-electron chi connectivity index (χ3n) is 2.87. The molecule has 7 nitrogen and oxygen atoms in total. The molecule has 0 unspecified atom stereocenters. The molecule has 1 aliphatic rings. The van der Waals surface area contributed by atoms with Gasteiger partial charge in [-0.2, -0.15) is 5.10 Å². The minimum Gasteiger partial charge on any atom is -0.333 e. The maximum atomic E-state index is 11.9. The van der Waals surface area contributed by atoms with Crippen LogP contribution in [0.3, 0.4) is 0 Å². The molecule has 1 amide bonds. The predicted molar refractivity (Wildman–Crippen MR) is 58.6 cm³/mol. The summed E-state index contributed by atoms with van der Waals surface area (Å²) >= 11 is 0. The lowest BCUT2D eigenvalue weighted by Gasteiger charge is -2.38. The number of carbonyl (C=O) groups is 1. The molecule has 0 atom stereocenters. The van der Waals surface area contributed by atoms with E-state index in [9.17, 15) is 9.59 Å². The van der Waals surface area contributed by atoms with Gasteiger partial charge in [0.25, 0.3) is 5.91 Å². The highest BCUT2D eigenvalue weighted by molar-refractivity contribution is 5.92. The minimum atomic E-state index is -0.363. The molecule has 2 aromatic heterocycles. The zero-order valence-corrected chi connectivity index (χ0v) is 8.96. The molecule has 0 aromatic carbocycles. The van der Waals surface area contributed by atoms with Gasteiger partial charge in [0.1, 0.15) is 5.69 Å². The molecule has 17 heavy (non-hydrogen) atoms. The Morgan fingerprint density at radius 3 is 2.88 bits per heavy atom. The summed E-state index contributed by atoms with van der Waals surface area (Å²) in [5.74, 6) is -0.160. The van der Waals surface area contributed by atoms with Crippen LogP contribution >= 0.6 is 0 Å². The number of rotatable bonds is 2. The summed E-state index contributed by atoms with van der Waals surface area (Å²) in [4.78, 5) is 29.3. The zero-order valence-electron chi connectivity index (χ0n) is 8.96. The van der Waals surface area contributed by atoms with E-state index in [1.807, 2.05) is 16.9 Å². The summed E-state index contributed by atoms with van der Waals surface area (Å²) in [7, 11) is 0. The predicted octanol–water partition coefficient (Wildman–Crippen LogP) is -0.403. The van der Waals surface area contributed by atoms with Crippen LogP contribution in [0.25, 0.3) is 0 Å². The molecule has 3 rings (SSSR count). The first-order valence-corrected chi connectivity index (χ1v) is 5.30. The van der Waals surface area contributed by atoms with Gasteiger partial charge < -0.3 is 14.9 Å². The van der Waals surface area contributed by atoms with Crippen molar-refractivity contribution in [1.82, 2.24) is 24.6 Å². The molecule has 2 aromatic rings. The Balaban J connectivity index is 1.66. The van der Waals surface area contributed by atoms with Crippen molar-refractivity contribution in [3.8, 4) is 0 Å². The van der Waals surface area contributed by atoms with E-state index in [-0.39, 0.29) is 17.6 Å². The van der Waals surface area contributed by atoms with Crippen LogP contribution in [0.1, 0.15) is 16.5 Å². The highest BCUT2D eigenvalue weighted by atomic mass is 16.2. The summed E-state index contributed by atoms with van der Waals surface area (Å²) in [5.41, 5.74) is -0.0635. The summed E-state index contributed by atoms with van der Waals surface area (Å²) < 4.78 is 1.84. The van der Waals surface area contributed by atoms with Crippen molar-refractivity contribution in [1.29, 1.82) is 0 Å². The van der Waals surface area contributed by atoms with Gasteiger partial charge >= 0.3 is 5.69 Å². The van der Waals surface area contributed by atoms with Crippen LogP contribution in [0.4, 0.5) is 0 Å². The average Bonchev–Trinajstić information content (AvgIpc) is 2.86. The number of nitrogens with zero attached hydrogens (tertiary/aromatic N) is 3. The van der Waals surface area contributed by atoms with Gasteiger partial charge in [-0.15, -0.1) is 0 Å². The van der Waals surface area contributed by atoms with Crippen molar-refractivity contribution in [2.24, 2.45) is 0 Å². The quantitative estimate of drug-likeness (QED) is 0.739. The van der Waals surface area contributed by atoms with Gasteiger partial charge in [0.2, 0.25) is 0 Å². The molecular weight excluding hydrogens is 222 g/mol. The Morgan fingerprint density at radius 1 is 1.47 bits per heavy atom. The number of imidazole rings is 1. The lowest BCUT2D eigenvalue weighted by molar-refractivity contribution is 0.0496. The summed E-state index contributed by atoms with van der Waals surface area (Å²) in [5, 5.41) is 4.12. The smallest absolute Gasteiger partial charge is 0.323 e. The molecule has 3 heterocycles. The summed E-state index contributed by atoms with van der Waals surface area (Å²) in [6.45, 7) is 1.24. The second kappa shape index (κ2) is 3.62. The van der Waals surface area contributed by atoms with Gasteiger partial charge in [-0.3, -0.25) is 9.48 Å². The first-order chi connectivity index (χ1) is 8.24. The second-order valence-corrected chi connectivity index (χ2v) is 4.01. The number of hydrogen-bond donors (Lipinski definition) is 2. The summed E-state index contributed by atoms with van der Waals surface area (Å²) in [6.07, 6.45) is 4.99. The molecule has 88 valence electrons. The van der Waals surface area contributed by atoms with E-state index in [0.29, 0.717) is 18.8 Å². The van der Waals surface area contributed by atoms with Gasteiger partial charge in [0.05, 0.1) is 6.04 Å². The topological polar surface area (TPSA) is 86.8 Å². The Labute approximate surface area is 96.1 Å². The van der Waals surface area contributed by atoms with E-state index < -0.39 is 0 Å². The number of nitrogens with one attached hydrogen (secondary N) is 2. The fraction of sp³-hybridized carbons (Fsp3) is 0.300. The average molecular weight is 233 g/mol. The maximum Gasteiger partial charge on any atom is 0.323 e.